The van der Waals surface area contributed by atoms with Gasteiger partial charge in [0.1, 0.15) is 12.4 Å². The molecular weight excluding hydrogens is 308 g/mol. The summed E-state index contributed by atoms with van der Waals surface area (Å²) in [5.74, 6) is 1.57. The van der Waals surface area contributed by atoms with E-state index in [1.54, 1.807) is 0 Å². The molecule has 19 heavy (non-hydrogen) atoms. The minimum atomic E-state index is 0.378. The topological polar surface area (TPSA) is 47.3 Å². The van der Waals surface area contributed by atoms with Crippen molar-refractivity contribution in [1.82, 2.24) is 10.5 Å². The Bertz CT molecular complexity index is 540. The third-order valence-corrected chi connectivity index (χ3v) is 3.27. The monoisotopic (exact) mass is 324 g/mol. The molecule has 0 aliphatic rings. The number of hydrogen-bond donors (Lipinski definition) is 1. The van der Waals surface area contributed by atoms with Gasteiger partial charge in [-0.1, -0.05) is 24.2 Å². The zero-order valence-corrected chi connectivity index (χ0v) is 12.7. The van der Waals surface area contributed by atoms with Crippen LogP contribution in [0.15, 0.2) is 33.3 Å². The van der Waals surface area contributed by atoms with Gasteiger partial charge in [-0.3, -0.25) is 0 Å². The average Bonchev–Trinajstić information content (AvgIpc) is 2.81. The number of hydrogen-bond acceptors (Lipinski definition) is 4. The summed E-state index contributed by atoms with van der Waals surface area (Å²) in [6.45, 7) is 6.05. The molecule has 0 aliphatic carbocycles. The fourth-order valence-electron chi connectivity index (χ4n) is 1.74. The number of nitrogens with one attached hydrogen (secondary N) is 1. The van der Waals surface area contributed by atoms with Crippen LogP contribution in [-0.2, 0) is 13.2 Å². The van der Waals surface area contributed by atoms with Crippen LogP contribution in [0.3, 0.4) is 0 Å². The molecule has 0 radical (unpaired) electrons. The maximum Gasteiger partial charge on any atom is 0.174 e. The predicted octanol–water partition coefficient (Wildman–Crippen LogP) is 3.43. The van der Waals surface area contributed by atoms with Crippen LogP contribution in [0, 0.1) is 6.92 Å². The highest BCUT2D eigenvalue weighted by Gasteiger charge is 2.09. The highest BCUT2D eigenvalue weighted by molar-refractivity contribution is 9.10. The Balaban J connectivity index is 2.09. The third kappa shape index (κ3) is 3.81. The van der Waals surface area contributed by atoms with Crippen molar-refractivity contribution in [1.29, 1.82) is 0 Å². The first kappa shape index (κ1) is 14.1. The zero-order valence-electron chi connectivity index (χ0n) is 11.1. The molecule has 0 atom stereocenters. The summed E-state index contributed by atoms with van der Waals surface area (Å²) in [6, 6.07) is 7.90. The van der Waals surface area contributed by atoms with Gasteiger partial charge in [0.15, 0.2) is 5.76 Å². The van der Waals surface area contributed by atoms with E-state index in [4.69, 9.17) is 9.26 Å². The summed E-state index contributed by atoms with van der Waals surface area (Å²) in [5.41, 5.74) is 1.98. The number of nitrogens with zero attached hydrogens (tertiary/aromatic N) is 1. The van der Waals surface area contributed by atoms with E-state index in [9.17, 15) is 0 Å². The van der Waals surface area contributed by atoms with Crippen molar-refractivity contribution < 1.29 is 9.26 Å². The molecule has 0 saturated carbocycles. The Labute approximate surface area is 121 Å². The molecule has 2 aromatic rings. The van der Waals surface area contributed by atoms with Gasteiger partial charge in [-0.25, -0.2) is 0 Å². The molecule has 1 aromatic heterocycles. The van der Waals surface area contributed by atoms with Crippen LogP contribution in [0.1, 0.15) is 23.9 Å². The number of rotatable bonds is 6. The molecule has 2 rings (SSSR count). The average molecular weight is 325 g/mol. The van der Waals surface area contributed by atoms with Crippen molar-refractivity contribution in [2.24, 2.45) is 0 Å². The van der Waals surface area contributed by atoms with Crippen LogP contribution in [0.5, 0.6) is 5.75 Å². The molecule has 0 fully saturated rings. The first-order chi connectivity index (χ1) is 9.20. The van der Waals surface area contributed by atoms with Crippen molar-refractivity contribution in [3.05, 3.63) is 45.8 Å². The predicted molar refractivity (Wildman–Crippen MR) is 77.1 cm³/mol. The van der Waals surface area contributed by atoms with Gasteiger partial charge in [0, 0.05) is 18.2 Å². The summed E-state index contributed by atoms with van der Waals surface area (Å²) in [7, 11) is 0. The van der Waals surface area contributed by atoms with E-state index in [1.807, 2.05) is 31.2 Å². The molecule has 0 spiro atoms. The van der Waals surface area contributed by atoms with E-state index in [0.717, 1.165) is 40.3 Å². The summed E-state index contributed by atoms with van der Waals surface area (Å²) in [4.78, 5) is 0. The van der Waals surface area contributed by atoms with E-state index in [2.05, 4.69) is 33.3 Å². The van der Waals surface area contributed by atoms with Gasteiger partial charge >= 0.3 is 0 Å². The van der Waals surface area contributed by atoms with Crippen LogP contribution in [0.4, 0.5) is 0 Å². The van der Waals surface area contributed by atoms with Gasteiger partial charge < -0.3 is 14.6 Å². The Kier molecular flexibility index (Phi) is 4.99. The van der Waals surface area contributed by atoms with Crippen molar-refractivity contribution in [3.63, 3.8) is 0 Å². The first-order valence-corrected chi connectivity index (χ1v) is 7.03. The summed E-state index contributed by atoms with van der Waals surface area (Å²) < 4.78 is 11.9. The van der Waals surface area contributed by atoms with E-state index in [1.165, 1.54) is 0 Å². The number of aryl methyl sites for hydroxylation is 1. The second-order valence-electron chi connectivity index (χ2n) is 4.23. The summed E-state index contributed by atoms with van der Waals surface area (Å²) in [6.07, 6.45) is 0. The second-order valence-corrected chi connectivity index (χ2v) is 5.09. The summed E-state index contributed by atoms with van der Waals surface area (Å²) >= 11 is 3.52. The molecule has 0 saturated heterocycles. The van der Waals surface area contributed by atoms with E-state index in [-0.39, 0.29) is 0 Å². The lowest BCUT2D eigenvalue weighted by Crippen LogP contribution is -2.13. The van der Waals surface area contributed by atoms with Gasteiger partial charge in [0.25, 0.3) is 0 Å². The Morgan fingerprint density at radius 3 is 2.95 bits per heavy atom. The third-order valence-electron chi connectivity index (χ3n) is 2.65. The maximum absolute atomic E-state index is 5.84. The van der Waals surface area contributed by atoms with Gasteiger partial charge in [0.05, 0.1) is 10.2 Å². The molecule has 1 N–H and O–H groups in total. The van der Waals surface area contributed by atoms with Crippen LogP contribution in [-0.4, -0.2) is 11.7 Å². The lowest BCUT2D eigenvalue weighted by Gasteiger charge is -2.12. The molecule has 0 bridgehead atoms. The largest absolute Gasteiger partial charge is 0.484 e. The zero-order chi connectivity index (χ0) is 13.7. The van der Waals surface area contributed by atoms with Gasteiger partial charge in [0.2, 0.25) is 0 Å². The fraction of sp³-hybridized carbons (Fsp3) is 0.357. The van der Waals surface area contributed by atoms with Crippen molar-refractivity contribution in [2.45, 2.75) is 27.0 Å². The molecule has 0 amide bonds. The number of ether oxygens (including phenoxy) is 1. The molecular formula is C14H17BrN2O2. The normalized spacial score (nSPS) is 10.7. The highest BCUT2D eigenvalue weighted by Crippen LogP contribution is 2.29. The first-order valence-electron chi connectivity index (χ1n) is 6.23. The molecule has 4 nitrogen and oxygen atoms in total. The van der Waals surface area contributed by atoms with E-state index < -0.39 is 0 Å². The molecule has 102 valence electrons. The minimum Gasteiger partial charge on any atom is -0.484 e. The summed E-state index contributed by atoms with van der Waals surface area (Å²) in [5, 5.41) is 7.14. The smallest absolute Gasteiger partial charge is 0.174 e. The van der Waals surface area contributed by atoms with E-state index in [0.29, 0.717) is 6.61 Å². The van der Waals surface area contributed by atoms with Crippen molar-refractivity contribution in [2.75, 3.05) is 6.54 Å². The SMILES string of the molecule is CCNCc1cccc(Br)c1OCc1cc(C)no1. The second kappa shape index (κ2) is 6.73. The number of para-hydroxylation sites is 1. The minimum absolute atomic E-state index is 0.378. The van der Waals surface area contributed by atoms with E-state index >= 15 is 0 Å². The van der Waals surface area contributed by atoms with Crippen LogP contribution in [0.25, 0.3) is 0 Å². The van der Waals surface area contributed by atoms with Gasteiger partial charge in [-0.2, -0.15) is 0 Å². The molecule has 1 aromatic carbocycles. The molecule has 0 aliphatic heterocycles. The Hall–Kier alpha value is -1.33. The Morgan fingerprint density at radius 1 is 1.42 bits per heavy atom. The highest BCUT2D eigenvalue weighted by atomic mass is 79.9. The molecule has 0 unspecified atom stereocenters. The molecule has 1 heterocycles. The van der Waals surface area contributed by atoms with Crippen LogP contribution in [0.2, 0.25) is 0 Å². The van der Waals surface area contributed by atoms with Gasteiger partial charge in [-0.15, -0.1) is 0 Å². The van der Waals surface area contributed by atoms with Crippen molar-refractivity contribution >= 4 is 15.9 Å². The lowest BCUT2D eigenvalue weighted by atomic mass is 10.2. The van der Waals surface area contributed by atoms with Crippen LogP contribution >= 0.6 is 15.9 Å². The van der Waals surface area contributed by atoms with Gasteiger partial charge in [-0.05, 0) is 35.5 Å². The standard InChI is InChI=1S/C14H17BrN2O2/c1-3-16-8-11-5-4-6-13(15)14(11)18-9-12-7-10(2)17-19-12/h4-7,16H,3,8-9H2,1-2H3. The number of benzene rings is 1. The van der Waals surface area contributed by atoms with Crippen LogP contribution < -0.4 is 10.1 Å². The lowest BCUT2D eigenvalue weighted by molar-refractivity contribution is 0.245. The fourth-order valence-corrected chi connectivity index (χ4v) is 2.26. The Morgan fingerprint density at radius 2 is 2.26 bits per heavy atom. The van der Waals surface area contributed by atoms with Crippen molar-refractivity contribution in [3.8, 4) is 5.75 Å². The quantitative estimate of drug-likeness (QED) is 0.884. The maximum atomic E-state index is 5.84. The molecule has 5 heteroatoms. The number of aromatic nitrogens is 1. The number of halogens is 1.